The smallest absolute Gasteiger partial charge is 0.264 e. The number of sulfonamides is 1. The van der Waals surface area contributed by atoms with E-state index in [1.165, 1.54) is 11.4 Å². The molecule has 1 aliphatic rings. The molecular weight excluding hydrogens is 312 g/mol. The van der Waals surface area contributed by atoms with Crippen LogP contribution >= 0.6 is 0 Å². The standard InChI is InChI=1S/C17H18N2O3S/c1-11(2)18-17(20)12-8-9-15-14(10-12)13-6-4-5-7-16(13)23(21,22)19(15)3/h4-11H,1-3H3,(H,18,20). The van der Waals surface area contributed by atoms with Crippen molar-refractivity contribution in [2.45, 2.75) is 24.8 Å². The second-order valence-corrected chi connectivity index (χ2v) is 7.77. The molecule has 120 valence electrons. The average Bonchev–Trinajstić information content (AvgIpc) is 2.52. The lowest BCUT2D eigenvalue weighted by Gasteiger charge is -2.29. The molecule has 0 bridgehead atoms. The van der Waals surface area contributed by atoms with E-state index in [9.17, 15) is 13.2 Å². The van der Waals surface area contributed by atoms with Crippen LogP contribution in [0.4, 0.5) is 5.69 Å². The molecule has 0 fully saturated rings. The molecule has 0 spiro atoms. The zero-order valence-electron chi connectivity index (χ0n) is 13.2. The van der Waals surface area contributed by atoms with Gasteiger partial charge in [-0.05, 0) is 38.1 Å². The number of amides is 1. The summed E-state index contributed by atoms with van der Waals surface area (Å²) in [4.78, 5) is 12.5. The third-order valence-electron chi connectivity index (χ3n) is 3.83. The first-order valence-electron chi connectivity index (χ1n) is 7.35. The Morgan fingerprint density at radius 1 is 1.09 bits per heavy atom. The van der Waals surface area contributed by atoms with Gasteiger partial charge in [0.05, 0.1) is 10.6 Å². The summed E-state index contributed by atoms with van der Waals surface area (Å²) in [6, 6.07) is 12.0. The predicted octanol–water partition coefficient (Wildman–Crippen LogP) is 2.63. The largest absolute Gasteiger partial charge is 0.350 e. The molecule has 0 atom stereocenters. The summed E-state index contributed by atoms with van der Waals surface area (Å²) in [5.41, 5.74) is 2.46. The number of benzene rings is 2. The number of nitrogens with zero attached hydrogens (tertiary/aromatic N) is 1. The van der Waals surface area contributed by atoms with E-state index in [4.69, 9.17) is 0 Å². The molecule has 1 N–H and O–H groups in total. The van der Waals surface area contributed by atoms with Crippen molar-refractivity contribution in [1.82, 2.24) is 5.32 Å². The van der Waals surface area contributed by atoms with Crippen LogP contribution in [0, 0.1) is 0 Å². The summed E-state index contributed by atoms with van der Waals surface area (Å²) in [6.45, 7) is 3.79. The summed E-state index contributed by atoms with van der Waals surface area (Å²) in [7, 11) is -2.03. The summed E-state index contributed by atoms with van der Waals surface area (Å²) >= 11 is 0. The molecule has 0 radical (unpaired) electrons. The van der Waals surface area contributed by atoms with Crippen molar-refractivity contribution in [3.8, 4) is 11.1 Å². The highest BCUT2D eigenvalue weighted by molar-refractivity contribution is 7.93. The summed E-state index contributed by atoms with van der Waals surface area (Å²) in [6.07, 6.45) is 0. The Morgan fingerprint density at radius 2 is 1.78 bits per heavy atom. The van der Waals surface area contributed by atoms with Gasteiger partial charge in [0.25, 0.3) is 15.9 Å². The topological polar surface area (TPSA) is 66.5 Å². The molecule has 2 aromatic rings. The predicted molar refractivity (Wildman–Crippen MR) is 90.1 cm³/mol. The van der Waals surface area contributed by atoms with Crippen molar-refractivity contribution in [2.75, 3.05) is 11.4 Å². The second kappa shape index (κ2) is 5.38. The number of hydrogen-bond donors (Lipinski definition) is 1. The van der Waals surface area contributed by atoms with Crippen LogP contribution in [0.1, 0.15) is 24.2 Å². The first kappa shape index (κ1) is 15.6. The molecule has 6 heteroatoms. The van der Waals surface area contributed by atoms with Crippen LogP contribution in [0.2, 0.25) is 0 Å². The van der Waals surface area contributed by atoms with Gasteiger partial charge in [-0.2, -0.15) is 0 Å². The molecule has 0 aromatic heterocycles. The van der Waals surface area contributed by atoms with E-state index >= 15 is 0 Å². The number of anilines is 1. The fraction of sp³-hybridized carbons (Fsp3) is 0.235. The SMILES string of the molecule is CC(C)NC(=O)c1ccc2c(c1)-c1ccccc1S(=O)(=O)N2C. The third kappa shape index (κ3) is 2.49. The van der Waals surface area contributed by atoms with Crippen LogP contribution in [0.15, 0.2) is 47.4 Å². The Hall–Kier alpha value is -2.34. The van der Waals surface area contributed by atoms with Crippen molar-refractivity contribution in [3.05, 3.63) is 48.0 Å². The van der Waals surface area contributed by atoms with Crippen LogP contribution in [-0.4, -0.2) is 27.4 Å². The van der Waals surface area contributed by atoms with Gasteiger partial charge in [-0.1, -0.05) is 18.2 Å². The maximum atomic E-state index is 12.6. The minimum absolute atomic E-state index is 0.0360. The molecule has 0 aliphatic carbocycles. The molecule has 3 rings (SSSR count). The normalized spacial score (nSPS) is 15.0. The van der Waals surface area contributed by atoms with Crippen LogP contribution in [-0.2, 0) is 10.0 Å². The zero-order valence-corrected chi connectivity index (χ0v) is 14.0. The molecule has 2 aromatic carbocycles. The number of carbonyl (C=O) groups is 1. The number of rotatable bonds is 2. The maximum Gasteiger partial charge on any atom is 0.264 e. The highest BCUT2D eigenvalue weighted by Crippen LogP contribution is 2.42. The highest BCUT2D eigenvalue weighted by Gasteiger charge is 2.32. The third-order valence-corrected chi connectivity index (χ3v) is 5.66. The van der Waals surface area contributed by atoms with Crippen molar-refractivity contribution >= 4 is 21.6 Å². The van der Waals surface area contributed by atoms with Gasteiger partial charge in [-0.3, -0.25) is 9.10 Å². The van der Waals surface area contributed by atoms with E-state index in [2.05, 4.69) is 5.32 Å². The van der Waals surface area contributed by atoms with E-state index in [1.54, 1.807) is 42.5 Å². The fourth-order valence-electron chi connectivity index (χ4n) is 2.70. The van der Waals surface area contributed by atoms with Crippen molar-refractivity contribution in [2.24, 2.45) is 0 Å². The molecule has 0 unspecified atom stereocenters. The molecule has 23 heavy (non-hydrogen) atoms. The zero-order chi connectivity index (χ0) is 16.8. The van der Waals surface area contributed by atoms with Crippen molar-refractivity contribution in [1.29, 1.82) is 0 Å². The lowest BCUT2D eigenvalue weighted by Crippen LogP contribution is -2.32. The van der Waals surface area contributed by atoms with Gasteiger partial charge in [0, 0.05) is 29.8 Å². The van der Waals surface area contributed by atoms with Gasteiger partial charge in [0.15, 0.2) is 0 Å². The number of fused-ring (bicyclic) bond motifs is 3. The van der Waals surface area contributed by atoms with E-state index in [1.807, 2.05) is 13.8 Å². The van der Waals surface area contributed by atoms with Gasteiger partial charge in [0.2, 0.25) is 0 Å². The van der Waals surface area contributed by atoms with Crippen molar-refractivity contribution < 1.29 is 13.2 Å². The quantitative estimate of drug-likeness (QED) is 0.920. The van der Waals surface area contributed by atoms with Crippen LogP contribution in [0.25, 0.3) is 11.1 Å². The van der Waals surface area contributed by atoms with Gasteiger partial charge >= 0.3 is 0 Å². The maximum absolute atomic E-state index is 12.6. The molecule has 1 heterocycles. The first-order chi connectivity index (χ1) is 10.8. The average molecular weight is 330 g/mol. The highest BCUT2D eigenvalue weighted by atomic mass is 32.2. The monoisotopic (exact) mass is 330 g/mol. The van der Waals surface area contributed by atoms with Crippen molar-refractivity contribution in [3.63, 3.8) is 0 Å². The van der Waals surface area contributed by atoms with Crippen LogP contribution < -0.4 is 9.62 Å². The first-order valence-corrected chi connectivity index (χ1v) is 8.79. The van der Waals surface area contributed by atoms with Gasteiger partial charge in [-0.25, -0.2) is 8.42 Å². The number of carbonyl (C=O) groups excluding carboxylic acids is 1. The summed E-state index contributed by atoms with van der Waals surface area (Å²) < 4.78 is 26.4. The van der Waals surface area contributed by atoms with Crippen LogP contribution in [0.5, 0.6) is 0 Å². The Balaban J connectivity index is 2.19. The van der Waals surface area contributed by atoms with Gasteiger partial charge in [0.1, 0.15) is 0 Å². The molecular formula is C17H18N2O3S. The molecule has 0 saturated heterocycles. The Kier molecular flexibility index (Phi) is 3.64. The lowest BCUT2D eigenvalue weighted by molar-refractivity contribution is 0.0943. The van der Waals surface area contributed by atoms with E-state index in [0.29, 0.717) is 16.8 Å². The summed E-state index contributed by atoms with van der Waals surface area (Å²) in [5, 5.41) is 2.85. The van der Waals surface area contributed by atoms with Gasteiger partial charge < -0.3 is 5.32 Å². The Bertz CT molecular complexity index is 888. The number of hydrogen-bond acceptors (Lipinski definition) is 3. The minimum Gasteiger partial charge on any atom is -0.350 e. The summed E-state index contributed by atoms with van der Waals surface area (Å²) in [5.74, 6) is -0.170. The van der Waals surface area contributed by atoms with E-state index < -0.39 is 10.0 Å². The second-order valence-electron chi connectivity index (χ2n) is 5.83. The lowest BCUT2D eigenvalue weighted by atomic mass is 10.00. The van der Waals surface area contributed by atoms with Gasteiger partial charge in [-0.15, -0.1) is 0 Å². The molecule has 1 amide bonds. The number of nitrogens with one attached hydrogen (secondary N) is 1. The minimum atomic E-state index is -3.55. The van der Waals surface area contributed by atoms with E-state index in [-0.39, 0.29) is 16.8 Å². The molecule has 5 nitrogen and oxygen atoms in total. The Labute approximate surface area is 136 Å². The molecule has 0 saturated carbocycles. The Morgan fingerprint density at radius 3 is 2.48 bits per heavy atom. The fourth-order valence-corrected chi connectivity index (χ4v) is 4.12. The van der Waals surface area contributed by atoms with Crippen LogP contribution in [0.3, 0.4) is 0 Å². The molecule has 1 aliphatic heterocycles. The van der Waals surface area contributed by atoms with E-state index in [0.717, 1.165) is 5.56 Å².